The van der Waals surface area contributed by atoms with Gasteiger partial charge in [-0.25, -0.2) is 0 Å². The van der Waals surface area contributed by atoms with E-state index in [4.69, 9.17) is 0 Å². The third-order valence-corrected chi connectivity index (χ3v) is 3.41. The molecule has 0 aliphatic carbocycles. The van der Waals surface area contributed by atoms with Gasteiger partial charge in [0.25, 0.3) is 0 Å². The number of rotatable bonds is 9. The second kappa shape index (κ2) is 8.16. The van der Waals surface area contributed by atoms with Gasteiger partial charge in [0.2, 0.25) is 0 Å². The van der Waals surface area contributed by atoms with Crippen LogP contribution in [-0.4, -0.2) is 22.9 Å². The Bertz CT molecular complexity index is 391. The summed E-state index contributed by atoms with van der Waals surface area (Å²) in [6.45, 7) is 15.7. The van der Waals surface area contributed by atoms with E-state index in [1.54, 1.807) is 0 Å². The molecular formula is C16H29N3. The Morgan fingerprint density at radius 3 is 2.74 bits per heavy atom. The molecule has 0 aromatic carbocycles. The number of hydrogen-bond acceptors (Lipinski definition) is 2. The number of hydrogen-bond donors (Lipinski definition) is 1. The molecule has 3 nitrogen and oxygen atoms in total. The third-order valence-electron chi connectivity index (χ3n) is 3.41. The van der Waals surface area contributed by atoms with Crippen LogP contribution in [0.25, 0.3) is 0 Å². The van der Waals surface area contributed by atoms with Gasteiger partial charge >= 0.3 is 0 Å². The predicted octanol–water partition coefficient (Wildman–Crippen LogP) is 3.25. The van der Waals surface area contributed by atoms with E-state index in [-0.39, 0.29) is 0 Å². The van der Waals surface area contributed by atoms with Gasteiger partial charge in [0.15, 0.2) is 0 Å². The molecule has 0 aliphatic heterocycles. The van der Waals surface area contributed by atoms with Crippen LogP contribution in [0.1, 0.15) is 43.6 Å². The molecule has 1 aromatic heterocycles. The molecule has 0 saturated carbocycles. The molecule has 0 aliphatic rings. The lowest BCUT2D eigenvalue weighted by Crippen LogP contribution is -2.22. The predicted molar refractivity (Wildman–Crippen MR) is 82.5 cm³/mol. The van der Waals surface area contributed by atoms with E-state index < -0.39 is 0 Å². The van der Waals surface area contributed by atoms with Crippen molar-refractivity contribution in [3.63, 3.8) is 0 Å². The normalized spacial score (nSPS) is 11.2. The second-order valence-corrected chi connectivity index (χ2v) is 5.65. The lowest BCUT2D eigenvalue weighted by atomic mass is 10.1. The summed E-state index contributed by atoms with van der Waals surface area (Å²) in [6, 6.07) is 0. The fourth-order valence-corrected chi connectivity index (χ4v) is 2.30. The van der Waals surface area contributed by atoms with E-state index in [9.17, 15) is 0 Å². The molecule has 0 unspecified atom stereocenters. The molecule has 0 spiro atoms. The summed E-state index contributed by atoms with van der Waals surface area (Å²) in [7, 11) is 0. The van der Waals surface area contributed by atoms with Gasteiger partial charge in [-0.15, -0.1) is 6.58 Å². The molecule has 0 amide bonds. The van der Waals surface area contributed by atoms with Gasteiger partial charge in [-0.2, -0.15) is 5.10 Å². The van der Waals surface area contributed by atoms with Crippen molar-refractivity contribution >= 4 is 0 Å². The molecule has 3 heteroatoms. The lowest BCUT2D eigenvalue weighted by Gasteiger charge is -2.08. The van der Waals surface area contributed by atoms with Crippen LogP contribution in [0.5, 0.6) is 0 Å². The molecule has 0 fully saturated rings. The summed E-state index contributed by atoms with van der Waals surface area (Å²) in [6.07, 6.45) is 5.23. The molecule has 19 heavy (non-hydrogen) atoms. The Kier molecular flexibility index (Phi) is 6.85. The third kappa shape index (κ3) is 5.19. The minimum Gasteiger partial charge on any atom is -0.316 e. The molecule has 1 rings (SSSR count). The van der Waals surface area contributed by atoms with Crippen molar-refractivity contribution in [2.24, 2.45) is 5.92 Å². The van der Waals surface area contributed by atoms with Crippen molar-refractivity contribution in [2.75, 3.05) is 13.1 Å². The highest BCUT2D eigenvalue weighted by atomic mass is 15.3. The summed E-state index contributed by atoms with van der Waals surface area (Å²) in [5, 5.41) is 8.15. The summed E-state index contributed by atoms with van der Waals surface area (Å²) in [5.74, 6) is 0.712. The molecule has 0 saturated heterocycles. The summed E-state index contributed by atoms with van der Waals surface area (Å²) in [5.41, 5.74) is 3.92. The zero-order chi connectivity index (χ0) is 14.3. The summed E-state index contributed by atoms with van der Waals surface area (Å²) in [4.78, 5) is 0. The maximum atomic E-state index is 4.65. The zero-order valence-electron chi connectivity index (χ0n) is 13.0. The van der Waals surface area contributed by atoms with Crippen LogP contribution in [0.2, 0.25) is 0 Å². The van der Waals surface area contributed by atoms with Gasteiger partial charge in [0.05, 0.1) is 5.69 Å². The molecule has 0 atom stereocenters. The largest absolute Gasteiger partial charge is 0.316 e. The summed E-state index contributed by atoms with van der Waals surface area (Å²) >= 11 is 0. The fraction of sp³-hybridized carbons (Fsp3) is 0.688. The molecule has 1 heterocycles. The van der Waals surface area contributed by atoms with Crippen molar-refractivity contribution in [1.29, 1.82) is 0 Å². The Hall–Kier alpha value is -1.09. The first-order valence-electron chi connectivity index (χ1n) is 7.40. The highest BCUT2D eigenvalue weighted by Crippen LogP contribution is 2.14. The number of aromatic nitrogens is 2. The molecule has 0 radical (unpaired) electrons. The minimum absolute atomic E-state index is 0.712. The number of nitrogens with zero attached hydrogens (tertiary/aromatic N) is 2. The number of nitrogens with one attached hydrogen (secondary N) is 1. The van der Waals surface area contributed by atoms with E-state index in [2.05, 4.69) is 49.4 Å². The van der Waals surface area contributed by atoms with Gasteiger partial charge in [-0.05, 0) is 57.7 Å². The highest BCUT2D eigenvalue weighted by molar-refractivity contribution is 5.24. The van der Waals surface area contributed by atoms with Crippen LogP contribution in [0, 0.1) is 19.8 Å². The minimum atomic E-state index is 0.712. The van der Waals surface area contributed by atoms with Gasteiger partial charge in [0.1, 0.15) is 0 Å². The average Bonchev–Trinajstić information content (AvgIpc) is 2.61. The lowest BCUT2D eigenvalue weighted by molar-refractivity contribution is 0.551. The molecule has 1 aromatic rings. The zero-order valence-corrected chi connectivity index (χ0v) is 13.0. The standard InChI is InChI=1S/C16H29N3/c1-6-7-8-11-19-15(5)16(14(4)18-19)9-10-17-12-13(2)3/h6,13,17H,1,7-12H2,2-5H3. The van der Waals surface area contributed by atoms with E-state index >= 15 is 0 Å². The van der Waals surface area contributed by atoms with Crippen LogP contribution < -0.4 is 5.32 Å². The van der Waals surface area contributed by atoms with Gasteiger partial charge in [-0.1, -0.05) is 19.9 Å². The smallest absolute Gasteiger partial charge is 0.0628 e. The van der Waals surface area contributed by atoms with E-state index in [1.165, 1.54) is 17.0 Å². The van der Waals surface area contributed by atoms with Crippen LogP contribution in [0.3, 0.4) is 0 Å². The van der Waals surface area contributed by atoms with Crippen molar-refractivity contribution < 1.29 is 0 Å². The SMILES string of the molecule is C=CCCCn1nc(C)c(CCNCC(C)C)c1C. The van der Waals surface area contributed by atoms with Crippen molar-refractivity contribution in [2.45, 2.75) is 53.5 Å². The topological polar surface area (TPSA) is 29.9 Å². The fourth-order valence-electron chi connectivity index (χ4n) is 2.30. The Labute approximate surface area is 118 Å². The number of unbranched alkanes of at least 4 members (excludes halogenated alkanes) is 1. The highest BCUT2D eigenvalue weighted by Gasteiger charge is 2.10. The Balaban J connectivity index is 2.51. The van der Waals surface area contributed by atoms with Crippen molar-refractivity contribution in [1.82, 2.24) is 15.1 Å². The van der Waals surface area contributed by atoms with Gasteiger partial charge in [0, 0.05) is 12.2 Å². The van der Waals surface area contributed by atoms with Crippen molar-refractivity contribution in [3.8, 4) is 0 Å². The quantitative estimate of drug-likeness (QED) is 0.547. The Morgan fingerprint density at radius 1 is 1.37 bits per heavy atom. The maximum absolute atomic E-state index is 4.65. The van der Waals surface area contributed by atoms with Crippen LogP contribution in [0.4, 0.5) is 0 Å². The maximum Gasteiger partial charge on any atom is 0.0628 e. The first-order chi connectivity index (χ1) is 9.06. The monoisotopic (exact) mass is 263 g/mol. The molecule has 0 bridgehead atoms. The first kappa shape index (κ1) is 16.0. The van der Waals surface area contributed by atoms with E-state index in [1.807, 2.05) is 6.08 Å². The first-order valence-corrected chi connectivity index (χ1v) is 7.40. The van der Waals surface area contributed by atoms with E-state index in [0.717, 1.165) is 38.9 Å². The second-order valence-electron chi connectivity index (χ2n) is 5.65. The number of aryl methyl sites for hydroxylation is 2. The van der Waals surface area contributed by atoms with Gasteiger partial charge in [-0.3, -0.25) is 4.68 Å². The molecule has 108 valence electrons. The molecular weight excluding hydrogens is 234 g/mol. The molecule has 1 N–H and O–H groups in total. The van der Waals surface area contributed by atoms with Crippen molar-refractivity contribution in [3.05, 3.63) is 29.6 Å². The van der Waals surface area contributed by atoms with Crippen LogP contribution >= 0.6 is 0 Å². The van der Waals surface area contributed by atoms with Gasteiger partial charge < -0.3 is 5.32 Å². The number of allylic oxidation sites excluding steroid dienone is 1. The summed E-state index contributed by atoms with van der Waals surface area (Å²) < 4.78 is 2.15. The van der Waals surface area contributed by atoms with Crippen LogP contribution in [-0.2, 0) is 13.0 Å². The average molecular weight is 263 g/mol. The van der Waals surface area contributed by atoms with Crippen LogP contribution in [0.15, 0.2) is 12.7 Å². The Morgan fingerprint density at radius 2 is 2.11 bits per heavy atom. The van der Waals surface area contributed by atoms with E-state index in [0.29, 0.717) is 5.92 Å².